The highest BCUT2D eigenvalue weighted by Crippen LogP contribution is 2.30. The maximum Gasteiger partial charge on any atom is 0.254 e. The zero-order valence-corrected chi connectivity index (χ0v) is 10.7. The minimum atomic E-state index is -0.608. The minimum absolute atomic E-state index is 0.0473. The van der Waals surface area contributed by atoms with E-state index in [4.69, 9.17) is 5.73 Å². The van der Waals surface area contributed by atoms with Crippen LogP contribution in [-0.2, 0) is 11.3 Å². The molecule has 7 heteroatoms. The zero-order chi connectivity index (χ0) is 12.6. The molecule has 0 aliphatic carbocycles. The lowest BCUT2D eigenvalue weighted by Gasteiger charge is -2.34. The molecule has 0 aromatic carbocycles. The summed E-state index contributed by atoms with van der Waals surface area (Å²) in [6.07, 6.45) is 3.27. The molecule has 3 heterocycles. The molecule has 1 aromatic heterocycles. The fourth-order valence-electron chi connectivity index (χ4n) is 2.48. The van der Waals surface area contributed by atoms with Crippen LogP contribution in [0.5, 0.6) is 0 Å². The Kier molecular flexibility index (Phi) is 2.79. The summed E-state index contributed by atoms with van der Waals surface area (Å²) in [5, 5.41) is 5.70. The first-order valence-corrected chi connectivity index (χ1v) is 6.83. The van der Waals surface area contributed by atoms with Crippen molar-refractivity contribution >= 4 is 23.2 Å². The van der Waals surface area contributed by atoms with Gasteiger partial charge in [-0.25, -0.2) is 9.98 Å². The molecule has 1 saturated heterocycles. The van der Waals surface area contributed by atoms with Crippen molar-refractivity contribution in [1.82, 2.24) is 15.2 Å². The van der Waals surface area contributed by atoms with Gasteiger partial charge in [0, 0.05) is 24.7 Å². The van der Waals surface area contributed by atoms with Gasteiger partial charge in [-0.1, -0.05) is 0 Å². The first kappa shape index (κ1) is 11.6. The second-order valence-electron chi connectivity index (χ2n) is 4.68. The van der Waals surface area contributed by atoms with Gasteiger partial charge in [-0.3, -0.25) is 15.0 Å². The predicted molar refractivity (Wildman–Crippen MR) is 69.1 cm³/mol. The predicted octanol–water partition coefficient (Wildman–Crippen LogP) is -0.0778. The molecule has 2 aliphatic rings. The Hall–Kier alpha value is -1.47. The molecular formula is C11H15N5OS. The standard InChI is InChI=1S/C11H15N5OS/c12-10-14-9(17)11(15-10)1-4-16(5-2-11)7-8-13-3-6-18-8/h3,6H,1-2,4-5,7H2,(H3,12,14,15,17). The van der Waals surface area contributed by atoms with Crippen LogP contribution in [0.1, 0.15) is 17.8 Å². The van der Waals surface area contributed by atoms with Gasteiger partial charge in [0.05, 0.1) is 6.54 Å². The van der Waals surface area contributed by atoms with E-state index in [-0.39, 0.29) is 11.9 Å². The lowest BCUT2D eigenvalue weighted by Crippen LogP contribution is -2.48. The van der Waals surface area contributed by atoms with Crippen LogP contribution >= 0.6 is 11.3 Å². The number of nitrogens with zero attached hydrogens (tertiary/aromatic N) is 3. The van der Waals surface area contributed by atoms with Crippen LogP contribution in [0.15, 0.2) is 16.6 Å². The van der Waals surface area contributed by atoms with Crippen molar-refractivity contribution in [3.8, 4) is 0 Å². The van der Waals surface area contributed by atoms with E-state index >= 15 is 0 Å². The second-order valence-corrected chi connectivity index (χ2v) is 5.66. The Morgan fingerprint density at radius 1 is 1.50 bits per heavy atom. The van der Waals surface area contributed by atoms with Crippen molar-refractivity contribution in [3.05, 3.63) is 16.6 Å². The normalized spacial score (nSPS) is 23.1. The smallest absolute Gasteiger partial charge is 0.254 e. The first-order chi connectivity index (χ1) is 8.68. The van der Waals surface area contributed by atoms with Gasteiger partial charge in [0.2, 0.25) is 0 Å². The van der Waals surface area contributed by atoms with E-state index < -0.39 is 5.54 Å². The van der Waals surface area contributed by atoms with Gasteiger partial charge in [-0.05, 0) is 12.8 Å². The molecule has 1 fully saturated rings. The van der Waals surface area contributed by atoms with Crippen molar-refractivity contribution < 1.29 is 4.79 Å². The summed E-state index contributed by atoms with van der Waals surface area (Å²) in [4.78, 5) is 22.7. The number of hydrogen-bond donors (Lipinski definition) is 2. The Bertz CT molecular complexity index is 476. The zero-order valence-electron chi connectivity index (χ0n) is 9.93. The average molecular weight is 265 g/mol. The van der Waals surface area contributed by atoms with Crippen LogP contribution in [-0.4, -0.2) is 40.4 Å². The van der Waals surface area contributed by atoms with E-state index in [0.717, 1.165) is 37.5 Å². The fourth-order valence-corrected chi connectivity index (χ4v) is 3.14. The van der Waals surface area contributed by atoms with Gasteiger partial charge in [0.25, 0.3) is 5.91 Å². The molecule has 3 N–H and O–H groups in total. The van der Waals surface area contributed by atoms with Crippen molar-refractivity contribution in [2.24, 2.45) is 10.7 Å². The van der Waals surface area contributed by atoms with Crippen LogP contribution in [0.3, 0.4) is 0 Å². The molecule has 1 spiro atoms. The molecule has 0 bridgehead atoms. The molecule has 1 amide bonds. The highest BCUT2D eigenvalue weighted by molar-refractivity contribution is 7.09. The molecule has 2 aliphatic heterocycles. The third kappa shape index (κ3) is 1.99. The van der Waals surface area contributed by atoms with Crippen LogP contribution in [0.2, 0.25) is 0 Å². The Morgan fingerprint density at radius 3 is 2.83 bits per heavy atom. The maximum atomic E-state index is 11.9. The van der Waals surface area contributed by atoms with Gasteiger partial charge in [-0.15, -0.1) is 11.3 Å². The van der Waals surface area contributed by atoms with Crippen LogP contribution in [0.25, 0.3) is 0 Å². The summed E-state index contributed by atoms with van der Waals surface area (Å²) in [5.41, 5.74) is 4.96. The number of likely N-dealkylation sites (tertiary alicyclic amines) is 1. The Morgan fingerprint density at radius 2 is 2.28 bits per heavy atom. The first-order valence-electron chi connectivity index (χ1n) is 5.95. The number of piperidine rings is 1. The van der Waals surface area contributed by atoms with E-state index in [2.05, 4.69) is 20.2 Å². The molecule has 6 nitrogen and oxygen atoms in total. The van der Waals surface area contributed by atoms with Gasteiger partial charge in [-0.2, -0.15) is 0 Å². The summed E-state index contributed by atoms with van der Waals surface area (Å²) in [5.74, 6) is 0.210. The Labute approximate surface area is 109 Å². The summed E-state index contributed by atoms with van der Waals surface area (Å²) >= 11 is 1.66. The highest BCUT2D eigenvalue weighted by Gasteiger charge is 2.45. The second kappa shape index (κ2) is 4.33. The number of thiazole rings is 1. The molecule has 0 atom stereocenters. The topological polar surface area (TPSA) is 83.6 Å². The van der Waals surface area contributed by atoms with Crippen LogP contribution in [0.4, 0.5) is 0 Å². The summed E-state index contributed by atoms with van der Waals surface area (Å²) < 4.78 is 0. The average Bonchev–Trinajstić information content (AvgIpc) is 2.92. The van der Waals surface area contributed by atoms with E-state index in [0.29, 0.717) is 0 Å². The number of carbonyl (C=O) groups excluding carboxylic acids is 1. The lowest BCUT2D eigenvalue weighted by molar-refractivity contribution is -0.125. The summed E-state index contributed by atoms with van der Waals surface area (Å²) in [7, 11) is 0. The largest absolute Gasteiger partial charge is 0.370 e. The quantitative estimate of drug-likeness (QED) is 0.783. The maximum absolute atomic E-state index is 11.9. The summed E-state index contributed by atoms with van der Waals surface area (Å²) in [6.45, 7) is 2.56. The van der Waals surface area contributed by atoms with Crippen LogP contribution in [0, 0.1) is 0 Å². The monoisotopic (exact) mass is 265 g/mol. The van der Waals surface area contributed by atoms with E-state index in [1.807, 2.05) is 11.6 Å². The number of aliphatic imine (C=N–C) groups is 1. The van der Waals surface area contributed by atoms with Gasteiger partial charge < -0.3 is 5.73 Å². The Balaban J connectivity index is 1.63. The number of amides is 1. The van der Waals surface area contributed by atoms with E-state index in [1.165, 1.54) is 0 Å². The molecule has 96 valence electrons. The lowest BCUT2D eigenvalue weighted by atomic mass is 9.88. The van der Waals surface area contributed by atoms with Crippen molar-refractivity contribution in [3.63, 3.8) is 0 Å². The number of carbonyl (C=O) groups is 1. The SMILES string of the molecule is NC1=NC2(CCN(Cc3nccs3)CC2)C(=O)N1. The molecule has 0 unspecified atom stereocenters. The molecule has 1 aromatic rings. The van der Waals surface area contributed by atoms with Gasteiger partial charge >= 0.3 is 0 Å². The molecular weight excluding hydrogens is 250 g/mol. The molecule has 0 radical (unpaired) electrons. The number of nitrogens with two attached hydrogens (primary N) is 1. The molecule has 3 rings (SSSR count). The highest BCUT2D eigenvalue weighted by atomic mass is 32.1. The van der Waals surface area contributed by atoms with E-state index in [9.17, 15) is 4.79 Å². The molecule has 18 heavy (non-hydrogen) atoms. The molecule has 0 saturated carbocycles. The number of rotatable bonds is 2. The number of guanidine groups is 1. The number of hydrogen-bond acceptors (Lipinski definition) is 6. The summed E-state index contributed by atoms with van der Waals surface area (Å²) in [6, 6.07) is 0. The van der Waals surface area contributed by atoms with Gasteiger partial charge in [0.15, 0.2) is 5.96 Å². The third-order valence-corrected chi connectivity index (χ3v) is 4.29. The van der Waals surface area contributed by atoms with Crippen LogP contribution < -0.4 is 11.1 Å². The number of nitrogens with one attached hydrogen (secondary N) is 1. The van der Waals surface area contributed by atoms with Crippen molar-refractivity contribution in [1.29, 1.82) is 0 Å². The van der Waals surface area contributed by atoms with Crippen molar-refractivity contribution in [2.45, 2.75) is 24.9 Å². The fraction of sp³-hybridized carbons (Fsp3) is 0.545. The third-order valence-electron chi connectivity index (χ3n) is 3.52. The number of aromatic nitrogens is 1. The van der Waals surface area contributed by atoms with Crippen molar-refractivity contribution in [2.75, 3.05) is 13.1 Å². The minimum Gasteiger partial charge on any atom is -0.370 e. The van der Waals surface area contributed by atoms with Gasteiger partial charge in [0.1, 0.15) is 10.5 Å². The van der Waals surface area contributed by atoms with E-state index in [1.54, 1.807) is 11.3 Å².